The Morgan fingerprint density at radius 2 is 1.93 bits per heavy atom. The van der Waals surface area contributed by atoms with Crippen LogP contribution < -0.4 is 0 Å². The summed E-state index contributed by atoms with van der Waals surface area (Å²) in [7, 11) is 2.12. The summed E-state index contributed by atoms with van der Waals surface area (Å²) in [6, 6.07) is 8.52. The number of hydrogen-bond donors (Lipinski definition) is 0. The van der Waals surface area contributed by atoms with Crippen LogP contribution in [0.15, 0.2) is 30.3 Å². The van der Waals surface area contributed by atoms with Gasteiger partial charge in [-0.2, -0.15) is 0 Å². The summed E-state index contributed by atoms with van der Waals surface area (Å²) in [4.78, 5) is 0. The molecular formula is C13H15N. The highest BCUT2D eigenvalue weighted by molar-refractivity contribution is 5.87. The molecule has 0 fully saturated rings. The molecule has 1 heterocycles. The van der Waals surface area contributed by atoms with E-state index in [1.807, 2.05) is 0 Å². The molecule has 14 heavy (non-hydrogen) atoms. The maximum absolute atomic E-state index is 2.24. The van der Waals surface area contributed by atoms with Gasteiger partial charge in [-0.1, -0.05) is 24.3 Å². The highest BCUT2D eigenvalue weighted by Crippen LogP contribution is 2.24. The molecule has 0 atom stereocenters. The Morgan fingerprint density at radius 3 is 2.57 bits per heavy atom. The number of benzene rings is 1. The van der Waals surface area contributed by atoms with E-state index in [0.717, 1.165) is 0 Å². The zero-order chi connectivity index (χ0) is 10.1. The first kappa shape index (κ1) is 9.07. The monoisotopic (exact) mass is 185 g/mol. The van der Waals surface area contributed by atoms with Gasteiger partial charge in [0.05, 0.1) is 0 Å². The van der Waals surface area contributed by atoms with E-state index < -0.39 is 0 Å². The van der Waals surface area contributed by atoms with E-state index >= 15 is 0 Å². The molecule has 1 aromatic carbocycles. The van der Waals surface area contributed by atoms with E-state index in [4.69, 9.17) is 0 Å². The van der Waals surface area contributed by atoms with Crippen LogP contribution in [0.2, 0.25) is 0 Å². The smallest absolute Gasteiger partial charge is 0.0485 e. The molecule has 0 aliphatic heterocycles. The largest absolute Gasteiger partial charge is 0.344 e. The van der Waals surface area contributed by atoms with Crippen LogP contribution in [0.3, 0.4) is 0 Å². The fourth-order valence-electron chi connectivity index (χ4n) is 2.00. The zero-order valence-electron chi connectivity index (χ0n) is 8.91. The quantitative estimate of drug-likeness (QED) is 0.640. The SMILES string of the molecule is C/C=C/c1c(C)c2ccccc2n1C. The van der Waals surface area contributed by atoms with E-state index in [-0.39, 0.29) is 0 Å². The van der Waals surface area contributed by atoms with Crippen molar-refractivity contribution in [2.45, 2.75) is 13.8 Å². The summed E-state index contributed by atoms with van der Waals surface area (Å²) in [6.07, 6.45) is 4.25. The fraction of sp³-hybridized carbons (Fsp3) is 0.231. The predicted molar refractivity (Wildman–Crippen MR) is 62.4 cm³/mol. The molecule has 0 bridgehead atoms. The van der Waals surface area contributed by atoms with Gasteiger partial charge < -0.3 is 4.57 Å². The first-order valence-corrected chi connectivity index (χ1v) is 4.92. The van der Waals surface area contributed by atoms with Gasteiger partial charge in [0.15, 0.2) is 0 Å². The summed E-state index contributed by atoms with van der Waals surface area (Å²) >= 11 is 0. The van der Waals surface area contributed by atoms with Crippen LogP contribution in [0.5, 0.6) is 0 Å². The molecular weight excluding hydrogens is 170 g/mol. The molecule has 0 saturated carbocycles. The van der Waals surface area contributed by atoms with Crippen LogP contribution in [0.1, 0.15) is 18.2 Å². The van der Waals surface area contributed by atoms with Crippen molar-refractivity contribution in [2.24, 2.45) is 7.05 Å². The van der Waals surface area contributed by atoms with Crippen molar-refractivity contribution in [3.05, 3.63) is 41.6 Å². The number of para-hydroxylation sites is 1. The van der Waals surface area contributed by atoms with E-state index in [9.17, 15) is 0 Å². The third-order valence-electron chi connectivity index (χ3n) is 2.74. The third-order valence-corrected chi connectivity index (χ3v) is 2.74. The molecule has 2 rings (SSSR count). The minimum atomic E-state index is 1.30. The molecule has 1 aromatic heterocycles. The van der Waals surface area contributed by atoms with Crippen molar-refractivity contribution in [2.75, 3.05) is 0 Å². The topological polar surface area (TPSA) is 4.93 Å². The van der Waals surface area contributed by atoms with Gasteiger partial charge in [-0.25, -0.2) is 0 Å². The number of hydrogen-bond acceptors (Lipinski definition) is 0. The molecule has 0 N–H and O–H groups in total. The maximum atomic E-state index is 2.24. The lowest BCUT2D eigenvalue weighted by Crippen LogP contribution is -1.90. The van der Waals surface area contributed by atoms with E-state index in [1.165, 1.54) is 22.2 Å². The average molecular weight is 185 g/mol. The van der Waals surface area contributed by atoms with Crippen LogP contribution in [-0.2, 0) is 7.05 Å². The lowest BCUT2D eigenvalue weighted by molar-refractivity contribution is 0.948. The van der Waals surface area contributed by atoms with Crippen molar-refractivity contribution in [3.63, 3.8) is 0 Å². The lowest BCUT2D eigenvalue weighted by Gasteiger charge is -1.98. The van der Waals surface area contributed by atoms with Gasteiger partial charge in [-0.05, 0) is 31.6 Å². The van der Waals surface area contributed by atoms with Gasteiger partial charge in [0.2, 0.25) is 0 Å². The highest BCUT2D eigenvalue weighted by atomic mass is 14.9. The van der Waals surface area contributed by atoms with Gasteiger partial charge in [-0.3, -0.25) is 0 Å². The molecule has 2 aromatic rings. The van der Waals surface area contributed by atoms with E-state index in [2.05, 4.69) is 61.9 Å². The first-order chi connectivity index (χ1) is 6.75. The van der Waals surface area contributed by atoms with Crippen molar-refractivity contribution in [1.29, 1.82) is 0 Å². The Kier molecular flexibility index (Phi) is 2.16. The Bertz CT molecular complexity index is 450. The standard InChI is InChI=1S/C13H15N/c1-4-7-12-10(2)11-8-5-6-9-13(11)14(12)3/h4-9H,1-3H3/b7-4+. The van der Waals surface area contributed by atoms with E-state index in [1.54, 1.807) is 0 Å². The molecule has 0 saturated heterocycles. The Labute approximate surface area is 84.7 Å². The second kappa shape index (κ2) is 3.33. The lowest BCUT2D eigenvalue weighted by atomic mass is 10.1. The number of aromatic nitrogens is 1. The van der Waals surface area contributed by atoms with Crippen LogP contribution in [0.4, 0.5) is 0 Å². The molecule has 0 radical (unpaired) electrons. The van der Waals surface area contributed by atoms with Gasteiger partial charge in [-0.15, -0.1) is 0 Å². The highest BCUT2D eigenvalue weighted by Gasteiger charge is 2.07. The molecule has 72 valence electrons. The second-order valence-electron chi connectivity index (χ2n) is 3.59. The zero-order valence-corrected chi connectivity index (χ0v) is 8.91. The minimum absolute atomic E-state index is 1.30. The third kappa shape index (κ3) is 1.17. The number of rotatable bonds is 1. The summed E-state index contributed by atoms with van der Waals surface area (Å²) in [6.45, 7) is 4.23. The van der Waals surface area contributed by atoms with Crippen molar-refractivity contribution in [1.82, 2.24) is 4.57 Å². The van der Waals surface area contributed by atoms with Gasteiger partial charge in [0.25, 0.3) is 0 Å². The number of allylic oxidation sites excluding steroid dienone is 1. The first-order valence-electron chi connectivity index (χ1n) is 4.92. The predicted octanol–water partition coefficient (Wildman–Crippen LogP) is 3.52. The fourth-order valence-corrected chi connectivity index (χ4v) is 2.00. The van der Waals surface area contributed by atoms with E-state index in [0.29, 0.717) is 0 Å². The summed E-state index contributed by atoms with van der Waals surface area (Å²) in [5.41, 5.74) is 3.97. The molecule has 0 spiro atoms. The van der Waals surface area contributed by atoms with Crippen LogP contribution in [0, 0.1) is 6.92 Å². The maximum Gasteiger partial charge on any atom is 0.0485 e. The minimum Gasteiger partial charge on any atom is -0.344 e. The summed E-state index contributed by atoms with van der Waals surface area (Å²) in [5, 5.41) is 1.35. The molecule has 0 unspecified atom stereocenters. The second-order valence-corrected chi connectivity index (χ2v) is 3.59. The Morgan fingerprint density at radius 1 is 1.21 bits per heavy atom. The molecule has 0 amide bonds. The Hall–Kier alpha value is -1.50. The normalized spacial score (nSPS) is 11.6. The Balaban J connectivity index is 2.85. The number of aryl methyl sites for hydroxylation is 2. The van der Waals surface area contributed by atoms with Gasteiger partial charge in [0.1, 0.15) is 0 Å². The van der Waals surface area contributed by atoms with Crippen molar-refractivity contribution >= 4 is 17.0 Å². The van der Waals surface area contributed by atoms with Gasteiger partial charge in [0, 0.05) is 23.6 Å². The van der Waals surface area contributed by atoms with Crippen LogP contribution in [-0.4, -0.2) is 4.57 Å². The average Bonchev–Trinajstić information content (AvgIpc) is 2.45. The molecule has 1 heteroatoms. The number of fused-ring (bicyclic) bond motifs is 1. The van der Waals surface area contributed by atoms with Crippen LogP contribution >= 0.6 is 0 Å². The van der Waals surface area contributed by atoms with Crippen molar-refractivity contribution < 1.29 is 0 Å². The number of nitrogens with zero attached hydrogens (tertiary/aromatic N) is 1. The molecule has 0 aliphatic rings. The molecule has 0 aliphatic carbocycles. The summed E-state index contributed by atoms with van der Waals surface area (Å²) < 4.78 is 2.24. The summed E-state index contributed by atoms with van der Waals surface area (Å²) in [5.74, 6) is 0. The van der Waals surface area contributed by atoms with Crippen molar-refractivity contribution in [3.8, 4) is 0 Å². The molecule has 1 nitrogen and oxygen atoms in total. The van der Waals surface area contributed by atoms with Gasteiger partial charge >= 0.3 is 0 Å². The van der Waals surface area contributed by atoms with Crippen LogP contribution in [0.25, 0.3) is 17.0 Å².